The van der Waals surface area contributed by atoms with Crippen LogP contribution in [0.3, 0.4) is 0 Å². The van der Waals surface area contributed by atoms with E-state index in [1.807, 2.05) is 0 Å². The fraction of sp³-hybridized carbons (Fsp3) is 0.571. The van der Waals surface area contributed by atoms with E-state index in [9.17, 15) is 8.78 Å². The number of benzene rings is 1. The molecule has 1 atom stereocenters. The molecule has 0 fully saturated rings. The summed E-state index contributed by atoms with van der Waals surface area (Å²) in [5.74, 6) is -1.33. The molecule has 0 saturated heterocycles. The molecule has 0 amide bonds. The van der Waals surface area contributed by atoms with Crippen LogP contribution >= 0.6 is 0 Å². The number of nitrogens with zero attached hydrogens (tertiary/aromatic N) is 2. The van der Waals surface area contributed by atoms with Crippen molar-refractivity contribution < 1.29 is 8.78 Å². The summed E-state index contributed by atoms with van der Waals surface area (Å²) in [5.41, 5.74) is 2.54. The fourth-order valence-electron chi connectivity index (χ4n) is 3.17. The molecule has 0 radical (unpaired) electrons. The third-order valence-corrected chi connectivity index (χ3v) is 4.22. The van der Waals surface area contributed by atoms with E-state index in [0.717, 1.165) is 37.2 Å². The quantitative estimate of drug-likeness (QED) is 0.756. The Kier molecular flexibility index (Phi) is 2.77. The maximum Gasteiger partial charge on any atom is 0.164 e. The SMILES string of the molecule is CN(C)C1CCc2cc(F)c(F)c3c2N(CC3)C1. The van der Waals surface area contributed by atoms with Gasteiger partial charge in [0.15, 0.2) is 11.6 Å². The van der Waals surface area contributed by atoms with Crippen LogP contribution in [-0.4, -0.2) is 38.1 Å². The van der Waals surface area contributed by atoms with Gasteiger partial charge in [0.2, 0.25) is 0 Å². The molecular weight excluding hydrogens is 234 g/mol. The highest BCUT2D eigenvalue weighted by molar-refractivity contribution is 5.65. The summed E-state index contributed by atoms with van der Waals surface area (Å²) in [4.78, 5) is 4.43. The summed E-state index contributed by atoms with van der Waals surface area (Å²) < 4.78 is 27.3. The first kappa shape index (κ1) is 11.9. The monoisotopic (exact) mass is 252 g/mol. The Morgan fingerprint density at radius 3 is 2.78 bits per heavy atom. The second-order valence-electron chi connectivity index (χ2n) is 5.51. The van der Waals surface area contributed by atoms with Gasteiger partial charge in [-0.3, -0.25) is 0 Å². The molecule has 2 nitrogen and oxygen atoms in total. The number of halogens is 2. The largest absolute Gasteiger partial charge is 0.369 e. The molecule has 4 heteroatoms. The molecule has 0 saturated carbocycles. The van der Waals surface area contributed by atoms with Crippen molar-refractivity contribution in [3.8, 4) is 0 Å². The minimum Gasteiger partial charge on any atom is -0.369 e. The summed E-state index contributed by atoms with van der Waals surface area (Å²) in [6.45, 7) is 1.73. The minimum absolute atomic E-state index is 0.453. The third kappa shape index (κ3) is 1.70. The van der Waals surface area contributed by atoms with Gasteiger partial charge in [-0.2, -0.15) is 0 Å². The van der Waals surface area contributed by atoms with Crippen LogP contribution in [0.5, 0.6) is 0 Å². The van der Waals surface area contributed by atoms with E-state index in [-0.39, 0.29) is 0 Å². The van der Waals surface area contributed by atoms with Crippen molar-refractivity contribution in [2.75, 3.05) is 32.1 Å². The van der Waals surface area contributed by atoms with Crippen molar-refractivity contribution in [3.63, 3.8) is 0 Å². The van der Waals surface area contributed by atoms with Gasteiger partial charge in [-0.1, -0.05) is 0 Å². The van der Waals surface area contributed by atoms with E-state index in [4.69, 9.17) is 0 Å². The number of hydrogen-bond donors (Lipinski definition) is 0. The Balaban J connectivity index is 2.05. The van der Waals surface area contributed by atoms with Crippen molar-refractivity contribution in [2.45, 2.75) is 25.3 Å². The number of aryl methyl sites for hydroxylation is 1. The predicted molar refractivity (Wildman–Crippen MR) is 68.1 cm³/mol. The first-order valence-corrected chi connectivity index (χ1v) is 6.49. The van der Waals surface area contributed by atoms with Gasteiger partial charge in [0.1, 0.15) is 0 Å². The lowest BCUT2D eigenvalue weighted by molar-refractivity contribution is 0.284. The molecule has 2 aliphatic rings. The standard InChI is InChI=1S/C14H18F2N2/c1-17(2)10-4-3-9-7-12(15)13(16)11-5-6-18(8-10)14(9)11/h7,10H,3-6,8H2,1-2H3. The maximum atomic E-state index is 13.8. The lowest BCUT2D eigenvalue weighted by atomic mass is 10.0. The molecule has 2 aliphatic heterocycles. The van der Waals surface area contributed by atoms with Crippen molar-refractivity contribution in [1.29, 1.82) is 0 Å². The molecule has 1 aromatic carbocycles. The van der Waals surface area contributed by atoms with E-state index in [0.29, 0.717) is 18.0 Å². The summed E-state index contributed by atoms with van der Waals surface area (Å²) in [6.07, 6.45) is 2.46. The lowest BCUT2D eigenvalue weighted by Crippen LogP contribution is -2.38. The van der Waals surface area contributed by atoms with Gasteiger partial charge >= 0.3 is 0 Å². The molecular formula is C14H18F2N2. The topological polar surface area (TPSA) is 6.48 Å². The zero-order chi connectivity index (χ0) is 12.9. The molecule has 3 rings (SSSR count). The van der Waals surface area contributed by atoms with E-state index in [1.165, 1.54) is 6.07 Å². The van der Waals surface area contributed by atoms with Crippen LogP contribution < -0.4 is 4.90 Å². The van der Waals surface area contributed by atoms with Crippen LogP contribution in [-0.2, 0) is 12.8 Å². The average Bonchev–Trinajstić information content (AvgIpc) is 2.65. The molecule has 0 aromatic heterocycles. The van der Waals surface area contributed by atoms with Gasteiger partial charge in [-0.25, -0.2) is 8.78 Å². The van der Waals surface area contributed by atoms with Crippen LogP contribution in [0, 0.1) is 11.6 Å². The molecule has 98 valence electrons. The number of hydrogen-bond acceptors (Lipinski definition) is 2. The van der Waals surface area contributed by atoms with Crippen molar-refractivity contribution >= 4 is 5.69 Å². The first-order valence-electron chi connectivity index (χ1n) is 6.49. The summed E-state index contributed by atoms with van der Waals surface area (Å²) in [6, 6.07) is 1.85. The van der Waals surface area contributed by atoms with E-state index in [2.05, 4.69) is 23.9 Å². The Hall–Kier alpha value is -1.16. The van der Waals surface area contributed by atoms with Crippen LogP contribution in [0.15, 0.2) is 6.07 Å². The second-order valence-corrected chi connectivity index (χ2v) is 5.51. The smallest absolute Gasteiger partial charge is 0.164 e. The van der Waals surface area contributed by atoms with Crippen molar-refractivity contribution in [2.24, 2.45) is 0 Å². The third-order valence-electron chi connectivity index (χ3n) is 4.22. The van der Waals surface area contributed by atoms with Gasteiger partial charge in [-0.15, -0.1) is 0 Å². The highest BCUT2D eigenvalue weighted by atomic mass is 19.2. The molecule has 2 heterocycles. The van der Waals surface area contributed by atoms with Gasteiger partial charge in [-0.05, 0) is 45.0 Å². The Morgan fingerprint density at radius 2 is 2.06 bits per heavy atom. The second kappa shape index (κ2) is 4.19. The lowest BCUT2D eigenvalue weighted by Gasteiger charge is -2.28. The van der Waals surface area contributed by atoms with Gasteiger partial charge in [0.25, 0.3) is 0 Å². The van der Waals surface area contributed by atoms with Crippen LogP contribution in [0.1, 0.15) is 17.5 Å². The molecule has 1 aromatic rings. The Labute approximate surface area is 106 Å². The molecule has 0 aliphatic carbocycles. The van der Waals surface area contributed by atoms with Gasteiger partial charge in [0.05, 0.1) is 0 Å². The van der Waals surface area contributed by atoms with Crippen molar-refractivity contribution in [1.82, 2.24) is 4.90 Å². The number of anilines is 1. The molecule has 0 bridgehead atoms. The van der Waals surface area contributed by atoms with E-state index in [1.54, 1.807) is 0 Å². The fourth-order valence-corrected chi connectivity index (χ4v) is 3.17. The minimum atomic E-state index is -0.686. The Morgan fingerprint density at radius 1 is 1.28 bits per heavy atom. The highest BCUT2D eigenvalue weighted by Crippen LogP contribution is 2.38. The maximum absolute atomic E-state index is 13.8. The van der Waals surface area contributed by atoms with E-state index >= 15 is 0 Å². The van der Waals surface area contributed by atoms with Gasteiger partial charge in [0, 0.05) is 30.4 Å². The predicted octanol–water partition coefficient (Wildman–Crippen LogP) is 2.20. The Bertz CT molecular complexity index is 485. The van der Waals surface area contributed by atoms with Crippen LogP contribution in [0.2, 0.25) is 0 Å². The van der Waals surface area contributed by atoms with E-state index < -0.39 is 11.6 Å². The van der Waals surface area contributed by atoms with Gasteiger partial charge < -0.3 is 9.80 Å². The summed E-state index contributed by atoms with van der Waals surface area (Å²) >= 11 is 0. The summed E-state index contributed by atoms with van der Waals surface area (Å²) in [5, 5.41) is 0. The zero-order valence-corrected chi connectivity index (χ0v) is 10.8. The number of likely N-dealkylation sites (N-methyl/N-ethyl adjacent to an activating group) is 1. The number of rotatable bonds is 1. The average molecular weight is 252 g/mol. The normalized spacial score (nSPS) is 22.3. The molecule has 1 unspecified atom stereocenters. The highest BCUT2D eigenvalue weighted by Gasteiger charge is 2.32. The van der Waals surface area contributed by atoms with Crippen molar-refractivity contribution in [3.05, 3.63) is 28.8 Å². The zero-order valence-electron chi connectivity index (χ0n) is 10.8. The molecule has 0 spiro atoms. The van der Waals surface area contributed by atoms with Crippen LogP contribution in [0.4, 0.5) is 14.5 Å². The summed E-state index contributed by atoms with van der Waals surface area (Å²) in [7, 11) is 4.14. The molecule has 0 N–H and O–H groups in total. The molecule has 18 heavy (non-hydrogen) atoms. The van der Waals surface area contributed by atoms with Crippen LogP contribution in [0.25, 0.3) is 0 Å². The first-order chi connectivity index (χ1) is 8.58.